The number of nitrogens with one attached hydrogen (secondary N) is 3. The average Bonchev–Trinajstić information content (AvgIpc) is 2.65. The minimum Gasteiger partial charge on any atom is -0.326 e. The first-order valence-corrected chi connectivity index (χ1v) is 10.7. The van der Waals surface area contributed by atoms with E-state index < -0.39 is 15.6 Å². The SMILES string of the molecule is CC(=O)Nc1ccc(S(=O)(=O)Nc2nc(C)c(Cc3ccccc3C)c(=O)[nH]2)cc1. The predicted molar refractivity (Wildman–Crippen MR) is 115 cm³/mol. The molecule has 0 saturated heterocycles. The van der Waals surface area contributed by atoms with Crippen molar-refractivity contribution in [3.63, 3.8) is 0 Å². The maximum atomic E-state index is 12.6. The van der Waals surface area contributed by atoms with Crippen molar-refractivity contribution in [2.75, 3.05) is 10.0 Å². The quantitative estimate of drug-likeness (QED) is 0.560. The maximum absolute atomic E-state index is 12.6. The summed E-state index contributed by atoms with van der Waals surface area (Å²) in [5, 5.41) is 2.56. The summed E-state index contributed by atoms with van der Waals surface area (Å²) in [4.78, 5) is 30.4. The third-order valence-electron chi connectivity index (χ3n) is 4.57. The molecule has 8 nitrogen and oxygen atoms in total. The lowest BCUT2D eigenvalue weighted by molar-refractivity contribution is -0.114. The van der Waals surface area contributed by atoms with Crippen LogP contribution in [0.1, 0.15) is 29.3 Å². The van der Waals surface area contributed by atoms with Gasteiger partial charge in [-0.1, -0.05) is 24.3 Å². The molecule has 30 heavy (non-hydrogen) atoms. The molecule has 0 radical (unpaired) electrons. The zero-order chi connectivity index (χ0) is 21.9. The van der Waals surface area contributed by atoms with Crippen molar-refractivity contribution in [2.24, 2.45) is 0 Å². The summed E-state index contributed by atoms with van der Waals surface area (Å²) >= 11 is 0. The Morgan fingerprint density at radius 3 is 2.33 bits per heavy atom. The van der Waals surface area contributed by atoms with Gasteiger partial charge in [-0.15, -0.1) is 0 Å². The molecule has 1 heterocycles. The molecular formula is C21H22N4O4S. The lowest BCUT2D eigenvalue weighted by atomic mass is 10.0. The van der Waals surface area contributed by atoms with E-state index in [1.807, 2.05) is 31.2 Å². The number of sulfonamides is 1. The predicted octanol–water partition coefficient (Wildman–Crippen LogP) is 2.74. The standard InChI is InChI=1S/C21H22N4O4S/c1-13-6-4-5-7-16(13)12-19-14(2)22-21(24-20(19)27)25-30(28,29)18-10-8-17(9-11-18)23-15(3)26/h4-11H,12H2,1-3H3,(H,23,26)(H2,22,24,25,27). The highest BCUT2D eigenvalue weighted by Gasteiger charge is 2.17. The maximum Gasteiger partial charge on any atom is 0.264 e. The lowest BCUT2D eigenvalue weighted by Gasteiger charge is -2.11. The molecule has 2 aromatic carbocycles. The molecule has 0 aliphatic heterocycles. The molecule has 1 amide bonds. The normalized spacial score (nSPS) is 11.2. The van der Waals surface area contributed by atoms with Crippen LogP contribution < -0.4 is 15.6 Å². The number of carbonyl (C=O) groups excluding carboxylic acids is 1. The average molecular weight is 426 g/mol. The van der Waals surface area contributed by atoms with Crippen molar-refractivity contribution < 1.29 is 13.2 Å². The van der Waals surface area contributed by atoms with Gasteiger partial charge < -0.3 is 5.32 Å². The van der Waals surface area contributed by atoms with Gasteiger partial charge in [-0.05, 0) is 49.2 Å². The number of nitrogens with zero attached hydrogens (tertiary/aromatic N) is 1. The summed E-state index contributed by atoms with van der Waals surface area (Å²) in [5.74, 6) is -0.413. The summed E-state index contributed by atoms with van der Waals surface area (Å²) in [5.41, 5.74) is 3.06. The van der Waals surface area contributed by atoms with Crippen LogP contribution in [0, 0.1) is 13.8 Å². The molecule has 0 spiro atoms. The van der Waals surface area contributed by atoms with E-state index in [2.05, 4.69) is 20.0 Å². The highest BCUT2D eigenvalue weighted by atomic mass is 32.2. The number of hydrogen-bond donors (Lipinski definition) is 3. The molecule has 0 bridgehead atoms. The van der Waals surface area contributed by atoms with Crippen LogP contribution in [-0.4, -0.2) is 24.3 Å². The number of rotatable bonds is 6. The summed E-state index contributed by atoms with van der Waals surface area (Å²) in [6.07, 6.45) is 0.401. The molecule has 0 aliphatic rings. The van der Waals surface area contributed by atoms with Crippen molar-refractivity contribution in [3.05, 3.63) is 81.3 Å². The highest BCUT2D eigenvalue weighted by Crippen LogP contribution is 2.18. The van der Waals surface area contributed by atoms with E-state index in [4.69, 9.17) is 0 Å². The van der Waals surface area contributed by atoms with Crippen LogP contribution >= 0.6 is 0 Å². The number of aryl methyl sites for hydroxylation is 2. The Hall–Kier alpha value is -3.46. The number of benzene rings is 2. The molecule has 156 valence electrons. The van der Waals surface area contributed by atoms with Gasteiger partial charge in [0, 0.05) is 24.6 Å². The fourth-order valence-corrected chi connectivity index (χ4v) is 3.94. The van der Waals surface area contributed by atoms with E-state index in [1.54, 1.807) is 6.92 Å². The second-order valence-corrected chi connectivity index (χ2v) is 8.58. The Balaban J connectivity index is 1.84. The zero-order valence-corrected chi connectivity index (χ0v) is 17.6. The Bertz CT molecular complexity index is 1250. The van der Waals surface area contributed by atoms with Gasteiger partial charge >= 0.3 is 0 Å². The van der Waals surface area contributed by atoms with E-state index in [0.717, 1.165) is 11.1 Å². The van der Waals surface area contributed by atoms with Gasteiger partial charge in [0.1, 0.15) is 0 Å². The molecule has 1 aromatic heterocycles. The Morgan fingerprint density at radius 1 is 1.07 bits per heavy atom. The fraction of sp³-hybridized carbons (Fsp3) is 0.190. The molecular weight excluding hydrogens is 404 g/mol. The van der Waals surface area contributed by atoms with Crippen molar-refractivity contribution >= 4 is 27.6 Å². The van der Waals surface area contributed by atoms with Crippen molar-refractivity contribution in [3.8, 4) is 0 Å². The first-order chi connectivity index (χ1) is 14.2. The molecule has 0 fully saturated rings. The molecule has 3 rings (SSSR count). The summed E-state index contributed by atoms with van der Waals surface area (Å²) in [7, 11) is -3.97. The fourth-order valence-electron chi connectivity index (χ4n) is 2.97. The van der Waals surface area contributed by atoms with E-state index >= 15 is 0 Å². The van der Waals surface area contributed by atoms with Crippen LogP contribution in [0.5, 0.6) is 0 Å². The second-order valence-electron chi connectivity index (χ2n) is 6.89. The van der Waals surface area contributed by atoms with Crippen LogP contribution in [0.4, 0.5) is 11.6 Å². The number of carbonyl (C=O) groups is 1. The minimum atomic E-state index is -3.97. The Labute approximate surface area is 174 Å². The molecule has 0 unspecified atom stereocenters. The highest BCUT2D eigenvalue weighted by molar-refractivity contribution is 7.92. The number of amides is 1. The molecule has 3 aromatic rings. The van der Waals surface area contributed by atoms with Gasteiger partial charge in [-0.25, -0.2) is 18.1 Å². The van der Waals surface area contributed by atoms with Gasteiger partial charge in [0.2, 0.25) is 11.9 Å². The second kappa shape index (κ2) is 8.50. The summed E-state index contributed by atoms with van der Waals surface area (Å²) in [6, 6.07) is 13.4. The van der Waals surface area contributed by atoms with Gasteiger partial charge in [0.15, 0.2) is 0 Å². The first kappa shape index (κ1) is 21.3. The first-order valence-electron chi connectivity index (χ1n) is 9.20. The van der Waals surface area contributed by atoms with Crippen molar-refractivity contribution in [2.45, 2.75) is 32.1 Å². The Morgan fingerprint density at radius 2 is 1.73 bits per heavy atom. The molecule has 3 N–H and O–H groups in total. The topological polar surface area (TPSA) is 121 Å². The number of aromatic amines is 1. The monoisotopic (exact) mass is 426 g/mol. The van der Waals surface area contributed by atoms with Gasteiger partial charge in [-0.2, -0.15) is 0 Å². The largest absolute Gasteiger partial charge is 0.326 e. The number of anilines is 2. The minimum absolute atomic E-state index is 0.0270. The van der Waals surface area contributed by atoms with Gasteiger partial charge in [0.05, 0.1) is 10.6 Å². The van der Waals surface area contributed by atoms with Crippen LogP contribution in [0.15, 0.2) is 58.2 Å². The summed E-state index contributed by atoms with van der Waals surface area (Å²) in [6.45, 7) is 4.99. The van der Waals surface area contributed by atoms with Crippen LogP contribution in [0.3, 0.4) is 0 Å². The molecule has 9 heteroatoms. The third kappa shape index (κ3) is 4.93. The zero-order valence-electron chi connectivity index (χ0n) is 16.8. The Kier molecular flexibility index (Phi) is 6.02. The van der Waals surface area contributed by atoms with E-state index in [1.165, 1.54) is 31.2 Å². The van der Waals surface area contributed by atoms with Crippen LogP contribution in [-0.2, 0) is 21.2 Å². The molecule has 0 atom stereocenters. The van der Waals surface area contributed by atoms with Crippen LogP contribution in [0.2, 0.25) is 0 Å². The van der Waals surface area contributed by atoms with Crippen molar-refractivity contribution in [1.82, 2.24) is 9.97 Å². The van der Waals surface area contributed by atoms with Gasteiger partial charge in [-0.3, -0.25) is 14.6 Å². The molecule has 0 aliphatic carbocycles. The number of hydrogen-bond acceptors (Lipinski definition) is 5. The van der Waals surface area contributed by atoms with Gasteiger partial charge in [0.25, 0.3) is 15.6 Å². The van der Waals surface area contributed by atoms with Crippen molar-refractivity contribution in [1.29, 1.82) is 0 Å². The van der Waals surface area contributed by atoms with E-state index in [-0.39, 0.29) is 16.8 Å². The molecule has 0 saturated carbocycles. The summed E-state index contributed by atoms with van der Waals surface area (Å²) < 4.78 is 27.5. The smallest absolute Gasteiger partial charge is 0.264 e. The number of H-pyrrole nitrogens is 1. The van der Waals surface area contributed by atoms with E-state index in [9.17, 15) is 18.0 Å². The van der Waals surface area contributed by atoms with Crippen LogP contribution in [0.25, 0.3) is 0 Å². The number of aromatic nitrogens is 2. The lowest BCUT2D eigenvalue weighted by Crippen LogP contribution is -2.22. The third-order valence-corrected chi connectivity index (χ3v) is 5.92. The van der Waals surface area contributed by atoms with E-state index in [0.29, 0.717) is 23.4 Å².